The molecule has 1 fully saturated rings. The lowest BCUT2D eigenvalue weighted by molar-refractivity contribution is 0.0737. The van der Waals surface area contributed by atoms with E-state index in [4.69, 9.17) is 0 Å². The zero-order valence-corrected chi connectivity index (χ0v) is 7.96. The van der Waals surface area contributed by atoms with E-state index in [0.717, 1.165) is 37.7 Å². The molecule has 0 bridgehead atoms. The van der Waals surface area contributed by atoms with Gasteiger partial charge in [-0.25, -0.2) is 0 Å². The summed E-state index contributed by atoms with van der Waals surface area (Å²) in [6.07, 6.45) is 5.72. The number of likely N-dealkylation sites (tertiary alicyclic amines) is 1. The van der Waals surface area contributed by atoms with E-state index in [1.54, 1.807) is 0 Å². The van der Waals surface area contributed by atoms with Crippen LogP contribution in [-0.4, -0.2) is 32.6 Å². The van der Waals surface area contributed by atoms with Crippen LogP contribution in [0.2, 0.25) is 0 Å². The third-order valence-electron chi connectivity index (χ3n) is 2.07. The van der Waals surface area contributed by atoms with Crippen molar-refractivity contribution in [3.63, 3.8) is 0 Å². The van der Waals surface area contributed by atoms with Gasteiger partial charge in [-0.05, 0) is 19.3 Å². The first kappa shape index (κ1) is 8.62. The summed E-state index contributed by atoms with van der Waals surface area (Å²) >= 11 is 1.08. The van der Waals surface area contributed by atoms with Crippen LogP contribution in [0, 0.1) is 6.42 Å². The number of carbonyl (C=O) groups is 1. The van der Waals surface area contributed by atoms with Crippen LogP contribution in [0.4, 0.5) is 0 Å². The highest BCUT2D eigenvalue weighted by molar-refractivity contribution is 6.99. The summed E-state index contributed by atoms with van der Waals surface area (Å²) in [7, 11) is 0. The molecule has 1 aliphatic rings. The van der Waals surface area contributed by atoms with Gasteiger partial charge in [0.05, 0.1) is 17.9 Å². The molecular formula is C8H10N3OS. The van der Waals surface area contributed by atoms with E-state index in [9.17, 15) is 4.79 Å². The molecule has 0 atom stereocenters. The second kappa shape index (κ2) is 3.83. The number of aromatic nitrogens is 2. The fourth-order valence-corrected chi connectivity index (χ4v) is 1.78. The Labute approximate surface area is 80.9 Å². The second-order valence-electron chi connectivity index (χ2n) is 2.95. The van der Waals surface area contributed by atoms with Crippen LogP contribution in [0.15, 0.2) is 6.20 Å². The number of hydrogen-bond donors (Lipinski definition) is 0. The van der Waals surface area contributed by atoms with Gasteiger partial charge >= 0.3 is 0 Å². The summed E-state index contributed by atoms with van der Waals surface area (Å²) in [6.45, 7) is 1.63. The van der Waals surface area contributed by atoms with E-state index in [1.165, 1.54) is 6.20 Å². The maximum atomic E-state index is 11.7. The van der Waals surface area contributed by atoms with Crippen LogP contribution in [0.3, 0.4) is 0 Å². The lowest BCUT2D eigenvalue weighted by atomic mass is 10.1. The molecule has 1 amide bonds. The summed E-state index contributed by atoms with van der Waals surface area (Å²) in [4.78, 5) is 13.5. The molecule has 0 spiro atoms. The Morgan fingerprint density at radius 3 is 2.85 bits per heavy atom. The van der Waals surface area contributed by atoms with Gasteiger partial charge in [-0.2, -0.15) is 8.75 Å². The maximum absolute atomic E-state index is 11.7. The largest absolute Gasteiger partial charge is 0.337 e. The quantitative estimate of drug-likeness (QED) is 0.672. The Bertz CT molecular complexity index is 280. The van der Waals surface area contributed by atoms with Gasteiger partial charge in [0.25, 0.3) is 5.91 Å². The van der Waals surface area contributed by atoms with Crippen LogP contribution in [-0.2, 0) is 0 Å². The zero-order valence-electron chi connectivity index (χ0n) is 7.14. The molecule has 0 unspecified atom stereocenters. The lowest BCUT2D eigenvalue weighted by Crippen LogP contribution is -2.35. The second-order valence-corrected chi connectivity index (χ2v) is 3.51. The molecular weight excluding hydrogens is 186 g/mol. The Hall–Kier alpha value is -0.970. The van der Waals surface area contributed by atoms with E-state index in [2.05, 4.69) is 15.2 Å². The normalized spacial score (nSPS) is 17.4. The van der Waals surface area contributed by atoms with Crippen molar-refractivity contribution < 1.29 is 4.79 Å². The highest BCUT2D eigenvalue weighted by Gasteiger charge is 2.19. The van der Waals surface area contributed by atoms with Crippen molar-refractivity contribution >= 4 is 17.6 Å². The minimum atomic E-state index is 0.0156. The van der Waals surface area contributed by atoms with Crippen molar-refractivity contribution in [1.29, 1.82) is 0 Å². The highest BCUT2D eigenvalue weighted by atomic mass is 32.1. The summed E-state index contributed by atoms with van der Waals surface area (Å²) < 4.78 is 7.73. The van der Waals surface area contributed by atoms with E-state index in [0.29, 0.717) is 5.69 Å². The topological polar surface area (TPSA) is 46.1 Å². The molecule has 0 aromatic carbocycles. The Morgan fingerprint density at radius 2 is 2.23 bits per heavy atom. The number of piperidine rings is 1. The Morgan fingerprint density at radius 1 is 1.46 bits per heavy atom. The summed E-state index contributed by atoms with van der Waals surface area (Å²) in [6, 6.07) is 0. The number of carbonyl (C=O) groups excluding carboxylic acids is 1. The predicted molar refractivity (Wildman–Crippen MR) is 49.3 cm³/mol. The average molecular weight is 196 g/mol. The highest BCUT2D eigenvalue weighted by Crippen LogP contribution is 2.11. The van der Waals surface area contributed by atoms with Crippen molar-refractivity contribution in [2.75, 3.05) is 13.1 Å². The lowest BCUT2D eigenvalue weighted by Gasteiger charge is -2.25. The maximum Gasteiger partial charge on any atom is 0.275 e. The van der Waals surface area contributed by atoms with Crippen LogP contribution in [0.25, 0.3) is 0 Å². The molecule has 4 nitrogen and oxygen atoms in total. The van der Waals surface area contributed by atoms with Crippen LogP contribution < -0.4 is 0 Å². The van der Waals surface area contributed by atoms with Crippen molar-refractivity contribution in [1.82, 2.24) is 13.6 Å². The number of hydrogen-bond acceptors (Lipinski definition) is 4. The van der Waals surface area contributed by atoms with Crippen molar-refractivity contribution in [3.8, 4) is 0 Å². The number of nitrogens with zero attached hydrogens (tertiary/aromatic N) is 3. The molecule has 0 saturated carbocycles. The third-order valence-corrected chi connectivity index (χ3v) is 2.55. The van der Waals surface area contributed by atoms with Crippen LogP contribution in [0.5, 0.6) is 0 Å². The van der Waals surface area contributed by atoms with Gasteiger partial charge in [0.1, 0.15) is 0 Å². The SMILES string of the molecule is O=C(c1cnsn1)N1CC[CH]CC1. The van der Waals surface area contributed by atoms with Gasteiger partial charge in [0.2, 0.25) is 0 Å². The smallest absolute Gasteiger partial charge is 0.275 e. The Balaban J connectivity index is 2.04. The van der Waals surface area contributed by atoms with Crippen molar-refractivity contribution in [3.05, 3.63) is 18.3 Å². The molecule has 0 aliphatic carbocycles. The average Bonchev–Trinajstić information content (AvgIpc) is 2.71. The standard InChI is InChI=1S/C8H10N3OS/c12-8(7-6-9-13-10-7)11-4-2-1-3-5-11/h1,6H,2-5H2. The summed E-state index contributed by atoms with van der Waals surface area (Å²) in [5, 5.41) is 0. The summed E-state index contributed by atoms with van der Waals surface area (Å²) in [5.41, 5.74) is 0.479. The van der Waals surface area contributed by atoms with Gasteiger partial charge in [0.15, 0.2) is 5.69 Å². The number of amides is 1. The fraction of sp³-hybridized carbons (Fsp3) is 0.500. The van der Waals surface area contributed by atoms with Gasteiger partial charge in [-0.3, -0.25) is 4.79 Å². The molecule has 1 aromatic heterocycles. The van der Waals surface area contributed by atoms with E-state index in [-0.39, 0.29) is 5.91 Å². The zero-order chi connectivity index (χ0) is 9.10. The molecule has 5 heteroatoms. The fourth-order valence-electron chi connectivity index (χ4n) is 1.37. The molecule has 2 heterocycles. The predicted octanol–water partition coefficient (Wildman–Crippen LogP) is 0.978. The molecule has 1 radical (unpaired) electrons. The minimum Gasteiger partial charge on any atom is -0.337 e. The minimum absolute atomic E-state index is 0.0156. The molecule has 1 aromatic rings. The van der Waals surface area contributed by atoms with Gasteiger partial charge in [-0.1, -0.05) is 0 Å². The van der Waals surface area contributed by atoms with E-state index >= 15 is 0 Å². The monoisotopic (exact) mass is 196 g/mol. The Kier molecular flexibility index (Phi) is 2.54. The first-order chi connectivity index (χ1) is 6.38. The first-order valence-electron chi connectivity index (χ1n) is 4.26. The molecule has 69 valence electrons. The van der Waals surface area contributed by atoms with Gasteiger partial charge in [0, 0.05) is 13.1 Å². The molecule has 1 saturated heterocycles. The molecule has 2 rings (SSSR count). The van der Waals surface area contributed by atoms with Gasteiger partial charge < -0.3 is 4.90 Å². The number of rotatable bonds is 1. The van der Waals surface area contributed by atoms with Crippen LogP contribution in [0.1, 0.15) is 23.3 Å². The molecule has 13 heavy (non-hydrogen) atoms. The first-order valence-corrected chi connectivity index (χ1v) is 4.99. The molecule has 0 N–H and O–H groups in total. The van der Waals surface area contributed by atoms with Crippen molar-refractivity contribution in [2.24, 2.45) is 0 Å². The molecule has 1 aliphatic heterocycles. The van der Waals surface area contributed by atoms with E-state index in [1.807, 2.05) is 4.90 Å². The van der Waals surface area contributed by atoms with Crippen LogP contribution >= 0.6 is 11.7 Å². The third kappa shape index (κ3) is 1.85. The van der Waals surface area contributed by atoms with Gasteiger partial charge in [-0.15, -0.1) is 0 Å². The van der Waals surface area contributed by atoms with E-state index < -0.39 is 0 Å². The summed E-state index contributed by atoms with van der Waals surface area (Å²) in [5.74, 6) is 0.0156. The van der Waals surface area contributed by atoms with Crippen molar-refractivity contribution in [2.45, 2.75) is 12.8 Å².